The Kier molecular flexibility index (Phi) is 4.89. The van der Waals surface area contributed by atoms with Crippen molar-refractivity contribution in [3.63, 3.8) is 0 Å². The SMILES string of the molecule is CCN1CCc2c(sc(NC(=O)c3ccc(Cl)cc3)c2C(N)=O)C1. The van der Waals surface area contributed by atoms with Gasteiger partial charge in [-0.05, 0) is 42.8 Å². The van der Waals surface area contributed by atoms with Crippen LogP contribution < -0.4 is 11.1 Å². The number of nitrogens with one attached hydrogen (secondary N) is 1. The first-order valence-electron chi connectivity index (χ1n) is 7.73. The van der Waals surface area contributed by atoms with Gasteiger partial charge in [-0.25, -0.2) is 0 Å². The molecule has 24 heavy (non-hydrogen) atoms. The maximum absolute atomic E-state index is 12.4. The van der Waals surface area contributed by atoms with Crippen LogP contribution >= 0.6 is 22.9 Å². The fraction of sp³-hybridized carbons (Fsp3) is 0.294. The van der Waals surface area contributed by atoms with Crippen LogP contribution in [0.15, 0.2) is 24.3 Å². The van der Waals surface area contributed by atoms with Gasteiger partial charge in [0.05, 0.1) is 5.56 Å². The van der Waals surface area contributed by atoms with Crippen LogP contribution in [0.2, 0.25) is 5.02 Å². The second-order valence-electron chi connectivity index (χ2n) is 5.65. The van der Waals surface area contributed by atoms with E-state index in [1.807, 2.05) is 0 Å². The summed E-state index contributed by atoms with van der Waals surface area (Å²) < 4.78 is 0. The molecule has 5 nitrogen and oxygen atoms in total. The summed E-state index contributed by atoms with van der Waals surface area (Å²) >= 11 is 7.28. The molecule has 0 aliphatic carbocycles. The highest BCUT2D eigenvalue weighted by molar-refractivity contribution is 7.17. The smallest absolute Gasteiger partial charge is 0.256 e. The highest BCUT2D eigenvalue weighted by Gasteiger charge is 2.27. The summed E-state index contributed by atoms with van der Waals surface area (Å²) in [4.78, 5) is 27.7. The first kappa shape index (κ1) is 17.0. The quantitative estimate of drug-likeness (QED) is 0.876. The van der Waals surface area contributed by atoms with E-state index >= 15 is 0 Å². The Bertz CT molecular complexity index is 786. The van der Waals surface area contributed by atoms with Crippen molar-refractivity contribution in [3.05, 3.63) is 50.9 Å². The highest BCUT2D eigenvalue weighted by atomic mass is 35.5. The average molecular weight is 364 g/mol. The number of likely N-dealkylation sites (N-methyl/N-ethyl adjacent to an activating group) is 1. The van der Waals surface area contributed by atoms with Crippen molar-refractivity contribution < 1.29 is 9.59 Å². The molecule has 2 heterocycles. The largest absolute Gasteiger partial charge is 0.365 e. The molecule has 0 saturated heterocycles. The molecule has 7 heteroatoms. The van der Waals surface area contributed by atoms with Crippen LogP contribution in [0.25, 0.3) is 0 Å². The number of rotatable bonds is 4. The molecule has 0 bridgehead atoms. The number of primary amides is 1. The van der Waals surface area contributed by atoms with Crippen molar-refractivity contribution in [2.45, 2.75) is 19.9 Å². The number of nitrogens with zero attached hydrogens (tertiary/aromatic N) is 1. The number of carbonyl (C=O) groups is 2. The zero-order chi connectivity index (χ0) is 17.3. The molecule has 1 aromatic carbocycles. The number of carbonyl (C=O) groups excluding carboxylic acids is 2. The Hall–Kier alpha value is -1.89. The van der Waals surface area contributed by atoms with Gasteiger partial charge in [0.2, 0.25) is 0 Å². The molecular formula is C17H18ClN3O2S. The molecule has 1 aliphatic heterocycles. The molecule has 0 fully saturated rings. The van der Waals surface area contributed by atoms with Gasteiger partial charge in [0.15, 0.2) is 0 Å². The number of amides is 2. The fourth-order valence-electron chi connectivity index (χ4n) is 2.85. The summed E-state index contributed by atoms with van der Waals surface area (Å²) in [5.41, 5.74) is 7.48. The highest BCUT2D eigenvalue weighted by Crippen LogP contribution is 2.37. The summed E-state index contributed by atoms with van der Waals surface area (Å²) in [5.74, 6) is -0.774. The molecule has 3 rings (SSSR count). The topological polar surface area (TPSA) is 75.4 Å². The van der Waals surface area contributed by atoms with Gasteiger partial charge in [-0.3, -0.25) is 14.5 Å². The number of hydrogen-bond acceptors (Lipinski definition) is 4. The molecule has 2 aromatic rings. The first-order valence-corrected chi connectivity index (χ1v) is 8.92. The van der Waals surface area contributed by atoms with Gasteiger partial charge < -0.3 is 11.1 Å². The number of hydrogen-bond donors (Lipinski definition) is 2. The molecule has 1 aromatic heterocycles. The zero-order valence-corrected chi connectivity index (χ0v) is 14.8. The van der Waals surface area contributed by atoms with E-state index in [-0.39, 0.29) is 5.91 Å². The first-order chi connectivity index (χ1) is 11.5. The number of anilines is 1. The summed E-state index contributed by atoms with van der Waals surface area (Å²) in [6.45, 7) is 4.74. The van der Waals surface area contributed by atoms with Gasteiger partial charge >= 0.3 is 0 Å². The molecule has 2 amide bonds. The van der Waals surface area contributed by atoms with E-state index < -0.39 is 5.91 Å². The Morgan fingerprint density at radius 3 is 2.67 bits per heavy atom. The molecule has 0 radical (unpaired) electrons. The van der Waals surface area contributed by atoms with Gasteiger partial charge in [-0.2, -0.15) is 0 Å². The molecule has 0 atom stereocenters. The van der Waals surface area contributed by atoms with Gasteiger partial charge in [0.1, 0.15) is 5.00 Å². The molecule has 126 valence electrons. The van der Waals surface area contributed by atoms with Crippen molar-refractivity contribution in [2.75, 3.05) is 18.4 Å². The molecule has 0 unspecified atom stereocenters. The number of fused-ring (bicyclic) bond motifs is 1. The maximum atomic E-state index is 12.4. The number of thiophene rings is 1. The molecule has 3 N–H and O–H groups in total. The van der Waals surface area contributed by atoms with Crippen molar-refractivity contribution in [1.29, 1.82) is 0 Å². The standard InChI is InChI=1S/C17H18ClN3O2S/c1-2-21-8-7-12-13(9-21)24-17(14(12)15(19)22)20-16(23)10-3-5-11(18)6-4-10/h3-6H,2,7-9H2,1H3,(H2,19,22)(H,20,23). The van der Waals surface area contributed by atoms with E-state index in [0.29, 0.717) is 21.2 Å². The lowest BCUT2D eigenvalue weighted by Gasteiger charge is -2.25. The van der Waals surface area contributed by atoms with Crippen LogP contribution in [0.5, 0.6) is 0 Å². The van der Waals surface area contributed by atoms with Crippen molar-refractivity contribution >= 4 is 39.8 Å². The Labute approximate surface area is 149 Å². The average Bonchev–Trinajstić information content (AvgIpc) is 2.92. The molecular weight excluding hydrogens is 346 g/mol. The predicted molar refractivity (Wildman–Crippen MR) is 96.9 cm³/mol. The number of nitrogens with two attached hydrogens (primary N) is 1. The van der Waals surface area contributed by atoms with E-state index in [4.69, 9.17) is 17.3 Å². The third kappa shape index (κ3) is 3.31. The van der Waals surface area contributed by atoms with Crippen LogP contribution in [-0.2, 0) is 13.0 Å². The van der Waals surface area contributed by atoms with E-state index in [1.165, 1.54) is 11.3 Å². The summed E-state index contributed by atoms with van der Waals surface area (Å²) in [6.07, 6.45) is 0.773. The lowest BCUT2D eigenvalue weighted by Crippen LogP contribution is -2.30. The van der Waals surface area contributed by atoms with Crippen molar-refractivity contribution in [2.24, 2.45) is 5.73 Å². The monoisotopic (exact) mass is 363 g/mol. The lowest BCUT2D eigenvalue weighted by atomic mass is 10.0. The van der Waals surface area contributed by atoms with E-state index in [9.17, 15) is 9.59 Å². The van der Waals surface area contributed by atoms with Crippen LogP contribution in [0.4, 0.5) is 5.00 Å². The molecule has 0 saturated carbocycles. The fourth-order valence-corrected chi connectivity index (χ4v) is 4.27. The Morgan fingerprint density at radius 1 is 1.33 bits per heavy atom. The normalized spacial score (nSPS) is 14.2. The van der Waals surface area contributed by atoms with E-state index in [1.54, 1.807) is 24.3 Å². The maximum Gasteiger partial charge on any atom is 0.256 e. The van der Waals surface area contributed by atoms with Crippen LogP contribution in [0, 0.1) is 0 Å². The van der Waals surface area contributed by atoms with Crippen molar-refractivity contribution in [3.8, 4) is 0 Å². The number of halogens is 1. The minimum Gasteiger partial charge on any atom is -0.365 e. The Morgan fingerprint density at radius 2 is 2.04 bits per heavy atom. The predicted octanol–water partition coefficient (Wildman–Crippen LogP) is 3.13. The molecule has 0 spiro atoms. The van der Waals surface area contributed by atoms with Gasteiger partial charge in [0, 0.05) is 28.6 Å². The second kappa shape index (κ2) is 6.93. The summed E-state index contributed by atoms with van der Waals surface area (Å²) in [5, 5.41) is 3.93. The van der Waals surface area contributed by atoms with Gasteiger partial charge in [-0.1, -0.05) is 18.5 Å². The van der Waals surface area contributed by atoms with Gasteiger partial charge in [0.25, 0.3) is 11.8 Å². The van der Waals surface area contributed by atoms with Crippen LogP contribution in [-0.4, -0.2) is 29.8 Å². The zero-order valence-electron chi connectivity index (χ0n) is 13.3. The minimum absolute atomic E-state index is 0.278. The summed E-state index contributed by atoms with van der Waals surface area (Å²) in [6, 6.07) is 6.61. The van der Waals surface area contributed by atoms with E-state index in [2.05, 4.69) is 17.1 Å². The van der Waals surface area contributed by atoms with Gasteiger partial charge in [-0.15, -0.1) is 11.3 Å². The Balaban J connectivity index is 1.90. The minimum atomic E-state index is -0.496. The van der Waals surface area contributed by atoms with E-state index in [0.717, 1.165) is 36.5 Å². The third-order valence-electron chi connectivity index (χ3n) is 4.16. The molecule has 1 aliphatic rings. The third-order valence-corrected chi connectivity index (χ3v) is 5.55. The van der Waals surface area contributed by atoms with Crippen molar-refractivity contribution in [1.82, 2.24) is 4.90 Å². The number of benzene rings is 1. The second-order valence-corrected chi connectivity index (χ2v) is 7.19. The lowest BCUT2D eigenvalue weighted by molar-refractivity contribution is 0.1000. The van der Waals surface area contributed by atoms with Crippen LogP contribution in [0.1, 0.15) is 38.1 Å². The summed E-state index contributed by atoms with van der Waals surface area (Å²) in [7, 11) is 0. The van der Waals surface area contributed by atoms with Crippen LogP contribution in [0.3, 0.4) is 0 Å².